The highest BCUT2D eigenvalue weighted by Crippen LogP contribution is 2.64. The number of amides is 1. The lowest BCUT2D eigenvalue weighted by molar-refractivity contribution is -0.132. The van der Waals surface area contributed by atoms with E-state index in [1.54, 1.807) is 0 Å². The SMILES string of the molecule is CCC(=O)N1CCC2(CC1)C[C@@H]2c1ccc(-c2cccc(C3NNNN3)c2)cc1. The first kappa shape index (κ1) is 18.8. The van der Waals surface area contributed by atoms with Gasteiger partial charge in [-0.25, -0.2) is 10.9 Å². The van der Waals surface area contributed by atoms with Gasteiger partial charge in [0.05, 0.1) is 0 Å². The molecule has 2 saturated heterocycles. The quantitative estimate of drug-likeness (QED) is 0.645. The summed E-state index contributed by atoms with van der Waals surface area (Å²) in [5.41, 5.74) is 17.5. The van der Waals surface area contributed by atoms with Crippen molar-refractivity contribution < 1.29 is 4.79 Å². The second-order valence-electron chi connectivity index (χ2n) is 8.57. The zero-order chi connectivity index (χ0) is 19.8. The molecule has 2 aliphatic heterocycles. The third-order valence-corrected chi connectivity index (χ3v) is 6.97. The van der Waals surface area contributed by atoms with Crippen LogP contribution in [0.15, 0.2) is 48.5 Å². The van der Waals surface area contributed by atoms with Gasteiger partial charge in [0.15, 0.2) is 0 Å². The van der Waals surface area contributed by atoms with Crippen molar-refractivity contribution >= 4 is 5.91 Å². The van der Waals surface area contributed by atoms with E-state index in [1.165, 1.54) is 28.7 Å². The summed E-state index contributed by atoms with van der Waals surface area (Å²) in [6.07, 6.45) is 4.24. The first-order chi connectivity index (χ1) is 14.2. The zero-order valence-electron chi connectivity index (χ0n) is 16.9. The molecule has 6 heteroatoms. The summed E-state index contributed by atoms with van der Waals surface area (Å²) in [5, 5.41) is 0. The standard InChI is InChI=1S/C23H29N5O/c1-2-21(29)28-12-10-23(11-13-28)15-20(23)17-8-6-16(7-9-17)18-4-3-5-19(14-18)22-24-26-27-25-22/h3-9,14,20,22,24-27H,2,10-13,15H2,1H3/t20-/m1/s1. The van der Waals surface area contributed by atoms with Crippen molar-refractivity contribution in [3.63, 3.8) is 0 Å². The fourth-order valence-electron chi connectivity index (χ4n) is 5.02. The van der Waals surface area contributed by atoms with Crippen molar-refractivity contribution in [2.75, 3.05) is 13.1 Å². The smallest absolute Gasteiger partial charge is 0.222 e. The molecule has 3 aliphatic rings. The van der Waals surface area contributed by atoms with Crippen LogP contribution in [-0.4, -0.2) is 23.9 Å². The Morgan fingerprint density at radius 3 is 2.41 bits per heavy atom. The average Bonchev–Trinajstić information content (AvgIpc) is 3.20. The minimum Gasteiger partial charge on any atom is -0.343 e. The molecular weight excluding hydrogens is 362 g/mol. The molecule has 0 bridgehead atoms. The Morgan fingerprint density at radius 2 is 1.72 bits per heavy atom. The Balaban J connectivity index is 1.26. The van der Waals surface area contributed by atoms with E-state index in [9.17, 15) is 4.79 Å². The molecule has 0 radical (unpaired) electrons. The van der Waals surface area contributed by atoms with Crippen LogP contribution in [0.4, 0.5) is 0 Å². The van der Waals surface area contributed by atoms with Gasteiger partial charge in [-0.2, -0.15) is 11.1 Å². The van der Waals surface area contributed by atoms with E-state index < -0.39 is 0 Å². The molecule has 0 unspecified atom stereocenters. The van der Waals surface area contributed by atoms with E-state index in [-0.39, 0.29) is 6.17 Å². The predicted molar refractivity (Wildman–Crippen MR) is 113 cm³/mol. The zero-order valence-corrected chi connectivity index (χ0v) is 16.9. The number of nitrogens with zero attached hydrogens (tertiary/aromatic N) is 1. The van der Waals surface area contributed by atoms with Gasteiger partial charge >= 0.3 is 0 Å². The van der Waals surface area contributed by atoms with Crippen LogP contribution in [0.3, 0.4) is 0 Å². The highest BCUT2D eigenvalue weighted by atomic mass is 16.2. The fraction of sp³-hybridized carbons (Fsp3) is 0.435. The Kier molecular flexibility index (Phi) is 4.87. The minimum absolute atomic E-state index is 0.0472. The number of benzene rings is 2. The van der Waals surface area contributed by atoms with Crippen molar-refractivity contribution in [2.24, 2.45) is 5.41 Å². The number of hydrogen-bond acceptors (Lipinski definition) is 5. The van der Waals surface area contributed by atoms with E-state index >= 15 is 0 Å². The maximum atomic E-state index is 11.9. The van der Waals surface area contributed by atoms with Crippen molar-refractivity contribution in [3.8, 4) is 11.1 Å². The number of likely N-dealkylation sites (tertiary alicyclic amines) is 1. The van der Waals surface area contributed by atoms with E-state index in [4.69, 9.17) is 0 Å². The molecule has 0 aromatic heterocycles. The van der Waals surface area contributed by atoms with Crippen molar-refractivity contribution in [1.29, 1.82) is 0 Å². The lowest BCUT2D eigenvalue weighted by Crippen LogP contribution is -2.39. The van der Waals surface area contributed by atoms with Gasteiger partial charge in [0.2, 0.25) is 5.91 Å². The van der Waals surface area contributed by atoms with Crippen LogP contribution >= 0.6 is 0 Å². The van der Waals surface area contributed by atoms with Gasteiger partial charge in [0.25, 0.3) is 0 Å². The Bertz CT molecular complexity index is 882. The molecule has 1 aliphatic carbocycles. The van der Waals surface area contributed by atoms with Gasteiger partial charge in [0.1, 0.15) is 6.17 Å². The third kappa shape index (κ3) is 3.57. The van der Waals surface area contributed by atoms with Gasteiger partial charge in [-0.1, -0.05) is 49.4 Å². The topological polar surface area (TPSA) is 68.4 Å². The molecule has 2 aromatic carbocycles. The molecule has 3 fully saturated rings. The largest absolute Gasteiger partial charge is 0.343 e. The number of hydrazine groups is 3. The molecule has 2 aromatic rings. The van der Waals surface area contributed by atoms with Gasteiger partial charge in [-0.15, -0.1) is 0 Å². The van der Waals surface area contributed by atoms with E-state index in [1.807, 2.05) is 6.92 Å². The summed E-state index contributed by atoms with van der Waals surface area (Å²) in [6, 6.07) is 17.7. The summed E-state index contributed by atoms with van der Waals surface area (Å²) in [5.74, 6) is 0.962. The molecule has 152 valence electrons. The maximum Gasteiger partial charge on any atom is 0.222 e. The van der Waals surface area contributed by atoms with Gasteiger partial charge in [0, 0.05) is 19.5 Å². The van der Waals surface area contributed by atoms with Crippen LogP contribution in [0.2, 0.25) is 0 Å². The monoisotopic (exact) mass is 391 g/mol. The number of piperidine rings is 1. The normalized spacial score (nSPS) is 23.5. The molecule has 1 atom stereocenters. The molecule has 1 spiro atoms. The van der Waals surface area contributed by atoms with Crippen molar-refractivity contribution in [3.05, 3.63) is 59.7 Å². The maximum absolute atomic E-state index is 11.9. The van der Waals surface area contributed by atoms with Crippen molar-refractivity contribution in [1.82, 2.24) is 26.8 Å². The number of carbonyl (C=O) groups excluding carboxylic acids is 1. The van der Waals surface area contributed by atoms with Crippen LogP contribution in [0.25, 0.3) is 11.1 Å². The predicted octanol–water partition coefficient (Wildman–Crippen LogP) is 2.98. The molecule has 4 N–H and O–H groups in total. The van der Waals surface area contributed by atoms with E-state index in [2.05, 4.69) is 75.4 Å². The summed E-state index contributed by atoms with van der Waals surface area (Å²) in [4.78, 5) is 14.0. The number of hydrogen-bond donors (Lipinski definition) is 4. The second kappa shape index (κ2) is 7.54. The average molecular weight is 392 g/mol. The molecule has 29 heavy (non-hydrogen) atoms. The number of carbonyl (C=O) groups is 1. The minimum atomic E-state index is 0.0472. The molecule has 6 nitrogen and oxygen atoms in total. The Labute approximate surface area is 172 Å². The first-order valence-electron chi connectivity index (χ1n) is 10.7. The van der Waals surface area contributed by atoms with Crippen LogP contribution in [0, 0.1) is 5.41 Å². The van der Waals surface area contributed by atoms with Gasteiger partial charge < -0.3 is 4.90 Å². The van der Waals surface area contributed by atoms with E-state index in [0.29, 0.717) is 23.7 Å². The van der Waals surface area contributed by atoms with Gasteiger partial charge in [-0.05, 0) is 58.9 Å². The molecular formula is C23H29N5O. The second-order valence-corrected chi connectivity index (χ2v) is 8.57. The van der Waals surface area contributed by atoms with Crippen LogP contribution in [-0.2, 0) is 4.79 Å². The molecule has 1 saturated carbocycles. The number of rotatable bonds is 4. The molecule has 1 amide bonds. The fourth-order valence-corrected chi connectivity index (χ4v) is 5.02. The van der Waals surface area contributed by atoms with Crippen LogP contribution in [0.1, 0.15) is 55.8 Å². The number of nitrogens with one attached hydrogen (secondary N) is 4. The van der Waals surface area contributed by atoms with Gasteiger partial charge in [-0.3, -0.25) is 4.79 Å². The lowest BCUT2D eigenvalue weighted by atomic mass is 9.88. The molecule has 2 heterocycles. The third-order valence-electron chi connectivity index (χ3n) is 6.97. The van der Waals surface area contributed by atoms with Crippen LogP contribution < -0.4 is 21.9 Å². The lowest BCUT2D eigenvalue weighted by Gasteiger charge is -2.33. The molecule has 5 rings (SSSR count). The first-order valence-corrected chi connectivity index (χ1v) is 10.7. The summed E-state index contributed by atoms with van der Waals surface area (Å²) in [7, 11) is 0. The highest BCUT2D eigenvalue weighted by Gasteiger charge is 2.55. The van der Waals surface area contributed by atoms with E-state index in [0.717, 1.165) is 25.9 Å². The van der Waals surface area contributed by atoms with Crippen molar-refractivity contribution in [2.45, 2.75) is 44.7 Å². The Hall–Kier alpha value is -2.25. The summed E-state index contributed by atoms with van der Waals surface area (Å²) < 4.78 is 0. The summed E-state index contributed by atoms with van der Waals surface area (Å²) in [6.45, 7) is 3.82. The summed E-state index contributed by atoms with van der Waals surface area (Å²) >= 11 is 0. The highest BCUT2D eigenvalue weighted by molar-refractivity contribution is 5.76. The Morgan fingerprint density at radius 1 is 1.00 bits per heavy atom. The van der Waals surface area contributed by atoms with Crippen LogP contribution in [0.5, 0.6) is 0 Å².